The predicted octanol–water partition coefficient (Wildman–Crippen LogP) is 0.114. The van der Waals surface area contributed by atoms with Crippen molar-refractivity contribution < 1.29 is 45.0 Å². The molecule has 1 aromatic rings. The van der Waals surface area contributed by atoms with Gasteiger partial charge in [-0.15, -0.1) is 0 Å². The summed E-state index contributed by atoms with van der Waals surface area (Å²) in [7, 11) is 0. The fourth-order valence-electron chi connectivity index (χ4n) is 0.342. The van der Waals surface area contributed by atoms with Crippen molar-refractivity contribution in [2.75, 3.05) is 0 Å². The van der Waals surface area contributed by atoms with Crippen LogP contribution in [0.3, 0.4) is 0 Å². The van der Waals surface area contributed by atoms with Crippen molar-refractivity contribution in [3.8, 4) is 0 Å². The van der Waals surface area contributed by atoms with Crippen molar-refractivity contribution in [1.29, 1.82) is 0 Å². The zero-order chi connectivity index (χ0) is 14.2. The smallest absolute Gasteiger partial charge is 0 e. The van der Waals surface area contributed by atoms with Crippen molar-refractivity contribution >= 4 is 33.9 Å². The monoisotopic (exact) mass is 406 g/mol. The Morgan fingerprint density at radius 1 is 0.529 bits per heavy atom. The summed E-state index contributed by atoms with van der Waals surface area (Å²) in [5, 5.41) is 0. The SMILES string of the molecule is [CH-]=O.[CH-]=O.[CH-]=O.[CH-]=O.[CH-]=O.[W].[c-]1ccccc1. The molecule has 0 atom stereocenters. The summed E-state index contributed by atoms with van der Waals surface area (Å²) < 4.78 is 0. The summed E-state index contributed by atoms with van der Waals surface area (Å²) in [5.74, 6) is 0. The first kappa shape index (κ1) is 36.2. The van der Waals surface area contributed by atoms with Crippen LogP contribution in [0, 0.1) is 6.07 Å². The van der Waals surface area contributed by atoms with Gasteiger partial charge in [0.05, 0.1) is 0 Å². The molecule has 0 saturated heterocycles. The van der Waals surface area contributed by atoms with E-state index in [-0.39, 0.29) is 21.1 Å². The van der Waals surface area contributed by atoms with E-state index in [1.54, 1.807) is 0 Å². The maximum absolute atomic E-state index is 7.75. The molecule has 0 spiro atoms. The average molecular weight is 406 g/mol. The van der Waals surface area contributed by atoms with Crippen LogP contribution < -0.4 is 0 Å². The minimum atomic E-state index is 0. The van der Waals surface area contributed by atoms with Gasteiger partial charge in [0.15, 0.2) is 0 Å². The molecule has 17 heavy (non-hydrogen) atoms. The molecule has 0 saturated carbocycles. The number of hydrogen-bond donors (Lipinski definition) is 0. The van der Waals surface area contributed by atoms with Gasteiger partial charge in [0.1, 0.15) is 0 Å². The molecule has 0 aliphatic rings. The maximum Gasteiger partial charge on any atom is 0 e. The van der Waals surface area contributed by atoms with Gasteiger partial charge in [-0.1, -0.05) is 0 Å². The Kier molecular flexibility index (Phi) is 294. The third-order valence-electron chi connectivity index (χ3n) is 0.607. The van der Waals surface area contributed by atoms with E-state index in [0.717, 1.165) is 0 Å². The van der Waals surface area contributed by atoms with Crippen molar-refractivity contribution in [3.63, 3.8) is 0 Å². The van der Waals surface area contributed by atoms with Crippen LogP contribution in [0.2, 0.25) is 0 Å². The molecule has 6 heteroatoms. The van der Waals surface area contributed by atoms with Crippen LogP contribution >= 0.6 is 0 Å². The Hall–Kier alpha value is -1.74. The van der Waals surface area contributed by atoms with Crippen LogP contribution in [0.15, 0.2) is 30.3 Å². The molecule has 0 N–H and O–H groups in total. The van der Waals surface area contributed by atoms with E-state index in [9.17, 15) is 0 Å². The van der Waals surface area contributed by atoms with E-state index < -0.39 is 0 Å². The molecule has 1 rings (SSSR count). The van der Waals surface area contributed by atoms with Crippen LogP contribution in [-0.2, 0) is 45.0 Å². The fraction of sp³-hybridized carbons (Fsp3) is 0. The normalized spacial score (nSPS) is 4.00. The maximum atomic E-state index is 7.75. The summed E-state index contributed by atoms with van der Waals surface area (Å²) in [6.07, 6.45) is 0. The van der Waals surface area contributed by atoms with E-state index in [4.69, 9.17) is 24.0 Å². The molecule has 0 aliphatic heterocycles. The van der Waals surface area contributed by atoms with E-state index in [1.807, 2.05) is 30.3 Å². The van der Waals surface area contributed by atoms with E-state index in [2.05, 4.69) is 40.0 Å². The number of benzene rings is 1. The van der Waals surface area contributed by atoms with Gasteiger partial charge in [-0.3, -0.25) is 33.9 Å². The second-order valence-electron chi connectivity index (χ2n) is 1.08. The molecule has 0 aromatic heterocycles. The molecular weight excluding hydrogens is 396 g/mol. The predicted molar refractivity (Wildman–Crippen MR) is 59.0 cm³/mol. The number of carbonyl (C=O) groups excluding carboxylic acids is 5. The molecule has 0 fully saturated rings. The van der Waals surface area contributed by atoms with Crippen LogP contribution in [-0.4, -0.2) is 33.9 Å². The molecule has 0 aliphatic carbocycles. The van der Waals surface area contributed by atoms with Crippen molar-refractivity contribution in [2.45, 2.75) is 0 Å². The topological polar surface area (TPSA) is 85.3 Å². The van der Waals surface area contributed by atoms with E-state index in [1.165, 1.54) is 0 Å². The minimum absolute atomic E-state index is 0. The first-order valence-corrected chi connectivity index (χ1v) is 3.09. The minimum Gasteiger partial charge on any atom is -0.545 e. The first-order valence-electron chi connectivity index (χ1n) is 3.09. The number of rotatable bonds is 0. The summed E-state index contributed by atoms with van der Waals surface area (Å²) in [6, 6.07) is 12.5. The van der Waals surface area contributed by atoms with Gasteiger partial charge in [0.2, 0.25) is 0 Å². The average Bonchev–Trinajstić information content (AvgIpc) is 2.51. The first-order chi connectivity index (χ1) is 8.00. The molecule has 0 bridgehead atoms. The van der Waals surface area contributed by atoms with Gasteiger partial charge in [0, 0.05) is 21.1 Å². The molecule has 1 aromatic carbocycles. The zero-order valence-corrected chi connectivity index (χ0v) is 11.7. The van der Waals surface area contributed by atoms with Crippen LogP contribution in [0.25, 0.3) is 0 Å². The molecule has 0 unspecified atom stereocenters. The van der Waals surface area contributed by atoms with Gasteiger partial charge in [-0.05, 0) is 0 Å². The second-order valence-corrected chi connectivity index (χ2v) is 1.08. The Labute approximate surface area is 115 Å². The molecule has 5 nitrogen and oxygen atoms in total. The van der Waals surface area contributed by atoms with Crippen LogP contribution in [0.4, 0.5) is 0 Å². The van der Waals surface area contributed by atoms with E-state index >= 15 is 0 Å². The van der Waals surface area contributed by atoms with Gasteiger partial charge >= 0.3 is 0 Å². The van der Waals surface area contributed by atoms with Crippen molar-refractivity contribution in [2.24, 2.45) is 0 Å². The van der Waals surface area contributed by atoms with Gasteiger partial charge in [-0.2, -0.15) is 36.4 Å². The summed E-state index contributed by atoms with van der Waals surface area (Å²) in [4.78, 5) is 38.8. The molecule has 96 valence electrons. The summed E-state index contributed by atoms with van der Waals surface area (Å²) >= 11 is 0. The van der Waals surface area contributed by atoms with Crippen molar-refractivity contribution in [3.05, 3.63) is 36.4 Å². The van der Waals surface area contributed by atoms with Crippen molar-refractivity contribution in [1.82, 2.24) is 0 Å². The van der Waals surface area contributed by atoms with Gasteiger partial charge < -0.3 is 24.0 Å². The zero-order valence-electron chi connectivity index (χ0n) is 8.72. The third-order valence-corrected chi connectivity index (χ3v) is 0.607. The Morgan fingerprint density at radius 3 is 0.824 bits per heavy atom. The Bertz CT molecular complexity index is 136. The van der Waals surface area contributed by atoms with Gasteiger partial charge in [0.25, 0.3) is 0 Å². The summed E-state index contributed by atoms with van der Waals surface area (Å²) in [5.41, 5.74) is 0. The van der Waals surface area contributed by atoms with Crippen LogP contribution in [0.5, 0.6) is 0 Å². The third kappa shape index (κ3) is 118. The Morgan fingerprint density at radius 2 is 0.765 bits per heavy atom. The fourth-order valence-corrected chi connectivity index (χ4v) is 0.342. The molecule has 0 radical (unpaired) electrons. The molecule has 0 heterocycles. The summed E-state index contributed by atoms with van der Waals surface area (Å²) in [6.45, 7) is 16.2. The van der Waals surface area contributed by atoms with Gasteiger partial charge in [-0.25, -0.2) is 0 Å². The van der Waals surface area contributed by atoms with E-state index in [0.29, 0.717) is 0 Å². The molecule has 0 amide bonds. The standard InChI is InChI=1S/C6H5.5CHO.W/c1-2-4-6-5-3-1;5*1-2;/h1-5H;5*1H;/q6*-1;. The number of hydrogen-bond acceptors (Lipinski definition) is 5. The largest absolute Gasteiger partial charge is 0.545 e. The quantitative estimate of drug-likeness (QED) is 0.452. The Balaban J connectivity index is -0.0000000242. The molecular formula is C11H10O5W-6. The van der Waals surface area contributed by atoms with Crippen LogP contribution in [0.1, 0.15) is 0 Å². The second kappa shape index (κ2) is 138.